The van der Waals surface area contributed by atoms with Gasteiger partial charge in [0.15, 0.2) is 29.0 Å². The molecule has 1 spiro atoms. The van der Waals surface area contributed by atoms with E-state index in [-0.39, 0.29) is 24.2 Å². The molecule has 0 amide bonds. The minimum absolute atomic E-state index is 0.143. The third-order valence-electron chi connectivity index (χ3n) is 10.1. The molecule has 2 aliphatic carbocycles. The Balaban J connectivity index is 1.15. The molecule has 9 heteroatoms. The zero-order chi connectivity index (χ0) is 27.5. The highest BCUT2D eigenvalue weighted by atomic mass is 16.8. The lowest BCUT2D eigenvalue weighted by Crippen LogP contribution is -2.36. The van der Waals surface area contributed by atoms with Crippen molar-refractivity contribution in [2.45, 2.75) is 120 Å². The number of anilines is 1. The Morgan fingerprint density at radius 2 is 1.80 bits per heavy atom. The third-order valence-corrected chi connectivity index (χ3v) is 10.1. The maximum atomic E-state index is 10.2. The molecule has 2 N–H and O–H groups in total. The van der Waals surface area contributed by atoms with Gasteiger partial charge in [0.1, 0.15) is 24.6 Å². The summed E-state index contributed by atoms with van der Waals surface area (Å²) in [7, 11) is 0. The number of rotatable bonds is 7. The molecule has 9 nitrogen and oxygen atoms in total. The standard InChI is InChI=1S/C31H41N5O4/c1-4-30(3,5-2)21-12-11-19-14-31(15-20(19)13-21)39-25-23(16-37)38-29(26(25)40-31)36-18-34-24-27(32-17-33-28(24)36)35-22-9-7-6-8-10-22/h11-13,17-18,22-23,25-26,29,37H,4-10,14-16H2,1-3H3,(H,32,33,35). The van der Waals surface area contributed by atoms with Crippen LogP contribution in [0.1, 0.15) is 88.6 Å². The fourth-order valence-electron chi connectivity index (χ4n) is 7.26. The third kappa shape index (κ3) is 4.24. The number of aliphatic hydroxyl groups is 1. The van der Waals surface area contributed by atoms with Gasteiger partial charge in [-0.1, -0.05) is 58.2 Å². The van der Waals surface area contributed by atoms with Crippen molar-refractivity contribution in [1.82, 2.24) is 19.5 Å². The minimum atomic E-state index is -0.750. The van der Waals surface area contributed by atoms with Crippen molar-refractivity contribution in [2.75, 3.05) is 11.9 Å². The van der Waals surface area contributed by atoms with Crippen LogP contribution in [-0.2, 0) is 32.5 Å². The quantitative estimate of drug-likeness (QED) is 0.434. The zero-order valence-electron chi connectivity index (χ0n) is 23.8. The smallest absolute Gasteiger partial charge is 0.177 e. The lowest BCUT2D eigenvalue weighted by atomic mass is 9.77. The predicted molar refractivity (Wildman–Crippen MR) is 151 cm³/mol. The number of aliphatic hydroxyl groups excluding tert-OH is 1. The van der Waals surface area contributed by atoms with E-state index in [0.29, 0.717) is 24.5 Å². The van der Waals surface area contributed by atoms with Crippen LogP contribution in [0.4, 0.5) is 5.82 Å². The molecule has 2 aliphatic heterocycles. The maximum absolute atomic E-state index is 10.2. The van der Waals surface area contributed by atoms with E-state index < -0.39 is 18.1 Å². The van der Waals surface area contributed by atoms with Gasteiger partial charge in [-0.05, 0) is 47.8 Å². The molecule has 0 bridgehead atoms. The van der Waals surface area contributed by atoms with E-state index in [0.717, 1.165) is 37.0 Å². The number of nitrogens with zero attached hydrogens (tertiary/aromatic N) is 4. The lowest BCUT2D eigenvalue weighted by Gasteiger charge is -2.28. The van der Waals surface area contributed by atoms with Gasteiger partial charge < -0.3 is 24.6 Å². The fraction of sp³-hybridized carbons (Fsp3) is 0.645. The van der Waals surface area contributed by atoms with E-state index in [1.807, 2.05) is 4.57 Å². The molecule has 3 aromatic rings. The van der Waals surface area contributed by atoms with Gasteiger partial charge in [-0.3, -0.25) is 4.57 Å². The Kier molecular flexibility index (Phi) is 6.61. The molecule has 2 aromatic heterocycles. The molecule has 1 aromatic carbocycles. The van der Waals surface area contributed by atoms with Gasteiger partial charge in [-0.2, -0.15) is 0 Å². The summed E-state index contributed by atoms with van der Waals surface area (Å²) in [6.07, 6.45) is 11.2. The van der Waals surface area contributed by atoms with Crippen LogP contribution in [0.25, 0.3) is 11.2 Å². The van der Waals surface area contributed by atoms with Crippen molar-refractivity contribution in [3.05, 3.63) is 47.5 Å². The van der Waals surface area contributed by atoms with Crippen molar-refractivity contribution in [3.8, 4) is 0 Å². The summed E-state index contributed by atoms with van der Waals surface area (Å²) in [5.74, 6) is 0.0109. The second-order valence-corrected chi connectivity index (χ2v) is 12.5. The van der Waals surface area contributed by atoms with Crippen LogP contribution in [0.2, 0.25) is 0 Å². The monoisotopic (exact) mass is 547 g/mol. The van der Waals surface area contributed by atoms with Crippen molar-refractivity contribution < 1.29 is 19.3 Å². The summed E-state index contributed by atoms with van der Waals surface area (Å²) in [4.78, 5) is 13.8. The van der Waals surface area contributed by atoms with Gasteiger partial charge in [0.05, 0.1) is 12.9 Å². The van der Waals surface area contributed by atoms with Crippen LogP contribution in [0.15, 0.2) is 30.9 Å². The van der Waals surface area contributed by atoms with Crippen molar-refractivity contribution in [2.24, 2.45) is 0 Å². The second kappa shape index (κ2) is 10.0. The van der Waals surface area contributed by atoms with E-state index in [4.69, 9.17) is 19.2 Å². The molecule has 7 rings (SSSR count). The average molecular weight is 548 g/mol. The molecule has 1 saturated carbocycles. The highest BCUT2D eigenvalue weighted by Crippen LogP contribution is 2.49. The van der Waals surface area contributed by atoms with Gasteiger partial charge in [-0.15, -0.1) is 0 Å². The SMILES string of the molecule is CCC(C)(CC)c1ccc2c(c1)CC1(C2)OC2C(CO)OC(n3cnc4c(NC5CCCCC5)ncnc43)C2O1. The van der Waals surface area contributed by atoms with Gasteiger partial charge in [0, 0.05) is 18.9 Å². The van der Waals surface area contributed by atoms with Crippen molar-refractivity contribution in [3.63, 3.8) is 0 Å². The number of hydrogen-bond acceptors (Lipinski definition) is 8. The zero-order valence-corrected chi connectivity index (χ0v) is 23.8. The molecule has 214 valence electrons. The van der Waals surface area contributed by atoms with Crippen LogP contribution in [0.5, 0.6) is 0 Å². The Bertz CT molecular complexity index is 1380. The molecule has 4 heterocycles. The second-order valence-electron chi connectivity index (χ2n) is 12.5. The van der Waals surface area contributed by atoms with Crippen LogP contribution >= 0.6 is 0 Å². The molecular weight excluding hydrogens is 506 g/mol. The highest BCUT2D eigenvalue weighted by Gasteiger charge is 2.60. The highest BCUT2D eigenvalue weighted by molar-refractivity contribution is 5.82. The largest absolute Gasteiger partial charge is 0.394 e. The Hall–Kier alpha value is -2.59. The molecule has 0 radical (unpaired) electrons. The Labute approximate surface area is 235 Å². The fourth-order valence-corrected chi connectivity index (χ4v) is 7.26. The van der Waals surface area contributed by atoms with E-state index in [9.17, 15) is 5.11 Å². The minimum Gasteiger partial charge on any atom is -0.394 e. The maximum Gasteiger partial charge on any atom is 0.177 e. The lowest BCUT2D eigenvalue weighted by molar-refractivity contribution is -0.213. The number of fused-ring (bicyclic) bond motifs is 3. The number of ether oxygens (including phenoxy) is 3. The van der Waals surface area contributed by atoms with Crippen LogP contribution in [0.3, 0.4) is 0 Å². The van der Waals surface area contributed by atoms with Gasteiger partial charge in [-0.25, -0.2) is 15.0 Å². The number of hydrogen-bond donors (Lipinski definition) is 2. The molecule has 40 heavy (non-hydrogen) atoms. The molecule has 3 fully saturated rings. The van der Waals surface area contributed by atoms with Gasteiger partial charge in [0.2, 0.25) is 0 Å². The van der Waals surface area contributed by atoms with Crippen LogP contribution < -0.4 is 5.32 Å². The van der Waals surface area contributed by atoms with Crippen LogP contribution in [-0.4, -0.2) is 61.4 Å². The first-order chi connectivity index (χ1) is 19.5. The first kappa shape index (κ1) is 26.3. The summed E-state index contributed by atoms with van der Waals surface area (Å²) in [5.41, 5.74) is 5.53. The molecule has 5 unspecified atom stereocenters. The summed E-state index contributed by atoms with van der Waals surface area (Å²) in [6, 6.07) is 7.30. The summed E-state index contributed by atoms with van der Waals surface area (Å²) >= 11 is 0. The summed E-state index contributed by atoms with van der Waals surface area (Å²) < 4.78 is 21.7. The van der Waals surface area contributed by atoms with Crippen molar-refractivity contribution >= 4 is 17.0 Å². The Morgan fingerprint density at radius 3 is 2.58 bits per heavy atom. The molecule has 4 aliphatic rings. The average Bonchev–Trinajstić information content (AvgIpc) is 3.74. The number of nitrogens with one attached hydrogen (secondary N) is 1. The molecular formula is C31H41N5O4. The summed E-state index contributed by atoms with van der Waals surface area (Å²) in [6.45, 7) is 6.72. The van der Waals surface area contributed by atoms with E-state index in [1.54, 1.807) is 12.7 Å². The normalized spacial score (nSPS) is 30.3. The number of benzene rings is 1. The topological polar surface area (TPSA) is 104 Å². The first-order valence-electron chi connectivity index (χ1n) is 15.1. The molecule has 5 atom stereocenters. The van der Waals surface area contributed by atoms with E-state index >= 15 is 0 Å². The molecule has 2 saturated heterocycles. The van der Waals surface area contributed by atoms with Crippen molar-refractivity contribution in [1.29, 1.82) is 0 Å². The Morgan fingerprint density at radius 1 is 1.02 bits per heavy atom. The summed E-state index contributed by atoms with van der Waals surface area (Å²) in [5, 5.41) is 13.8. The predicted octanol–water partition coefficient (Wildman–Crippen LogP) is 4.82. The van der Waals surface area contributed by atoms with Gasteiger partial charge in [0.25, 0.3) is 0 Å². The van der Waals surface area contributed by atoms with Crippen LogP contribution in [0, 0.1) is 0 Å². The first-order valence-corrected chi connectivity index (χ1v) is 15.1. The van der Waals surface area contributed by atoms with E-state index in [1.165, 1.54) is 36.0 Å². The number of imidazole rings is 1. The number of aromatic nitrogens is 4. The van der Waals surface area contributed by atoms with E-state index in [2.05, 4.69) is 54.3 Å². The van der Waals surface area contributed by atoms with Gasteiger partial charge >= 0.3 is 0 Å².